The van der Waals surface area contributed by atoms with E-state index in [0.717, 1.165) is 0 Å². The molecule has 3 radical (unpaired) electrons. The van der Waals surface area contributed by atoms with Crippen molar-refractivity contribution >= 4 is 88.1 Å². The Hall–Kier alpha value is 3.69. The molecular formula is H6CaMgNbPb. The van der Waals surface area contributed by atoms with Crippen LogP contribution in [0.1, 0.15) is 5.71 Å². The summed E-state index contributed by atoms with van der Waals surface area (Å²) in [6, 6.07) is 0. The molecule has 4 heavy (non-hydrogen) atoms. The third kappa shape index (κ3) is 9.19. The van der Waals surface area contributed by atoms with Gasteiger partial charge in [-0.05, 0) is 0 Å². The zero-order chi connectivity index (χ0) is 0. The van der Waals surface area contributed by atoms with E-state index in [2.05, 4.69) is 0 Å². The fraction of sp³-hybridized carbons (Fsp3) is 0. The topological polar surface area (TPSA) is 0 Å². The van der Waals surface area contributed by atoms with Crippen molar-refractivity contribution < 1.29 is 28.1 Å². The number of rotatable bonds is 0. The van der Waals surface area contributed by atoms with E-state index in [1.165, 1.54) is 0 Å². The van der Waals surface area contributed by atoms with Crippen LogP contribution in [0.3, 0.4) is 0 Å². The van der Waals surface area contributed by atoms with E-state index in [9.17, 15) is 0 Å². The molecule has 0 spiro atoms. The molecule has 0 heterocycles. The summed E-state index contributed by atoms with van der Waals surface area (Å²) in [5, 5.41) is 0. The van der Waals surface area contributed by atoms with Crippen LogP contribution in [0.4, 0.5) is 0 Å². The quantitative estimate of drug-likeness (QED) is 0.469. The van der Waals surface area contributed by atoms with Crippen molar-refractivity contribution in [2.45, 2.75) is 0 Å². The minimum atomic E-state index is 0. The van der Waals surface area contributed by atoms with Crippen molar-refractivity contribution in [1.29, 1.82) is 0 Å². The molecule has 0 bridgehead atoms. The summed E-state index contributed by atoms with van der Waals surface area (Å²) < 4.78 is 0. The summed E-state index contributed by atoms with van der Waals surface area (Å²) in [5.74, 6) is 0. The zero-order valence-corrected chi connectivity index (χ0v) is 13.9. The van der Waals surface area contributed by atoms with Crippen LogP contribution in [0.5, 0.6) is 0 Å². The molecule has 0 aliphatic rings. The molecule has 4 heteroatoms. The zero-order valence-electron chi connectivity index (χ0n) is 6.57. The Labute approximate surface area is 114 Å². The molecule has 0 aromatic carbocycles. The normalized spacial score (nSPS) is 0. The van der Waals surface area contributed by atoms with Gasteiger partial charge in [0.2, 0.25) is 0 Å². The second-order valence-corrected chi connectivity index (χ2v) is 0. The molecule has 0 aliphatic carbocycles. The summed E-state index contributed by atoms with van der Waals surface area (Å²) in [4.78, 5) is 0. The van der Waals surface area contributed by atoms with Gasteiger partial charge in [-0.2, -0.15) is 0 Å². The molecule has 0 saturated heterocycles. The standard InChI is InChI=1S/Ca.Mg.Nb.Pb.6H/q2*+2;;;;;4*-1. The molecule has 0 unspecified atom stereocenters. The van der Waals surface area contributed by atoms with Crippen molar-refractivity contribution in [2.75, 3.05) is 0 Å². The number of hydrogen-bond donors (Lipinski definition) is 0. The summed E-state index contributed by atoms with van der Waals surface area (Å²) in [6.07, 6.45) is 0. The maximum absolute atomic E-state index is 0. The molecule has 0 aromatic rings. The van der Waals surface area contributed by atoms with Gasteiger partial charge in [0.1, 0.15) is 0 Å². The SMILES string of the molecule is [Ca+2].[H-].[H-].[H-].[H-].[Mg+2].[Nb].[PbH2]. The van der Waals surface area contributed by atoms with Crippen LogP contribution < -0.4 is 0 Å². The second kappa shape index (κ2) is 15.9. The summed E-state index contributed by atoms with van der Waals surface area (Å²) in [6.45, 7) is 0. The maximum atomic E-state index is 0. The molecule has 0 N–H and O–H groups in total. The molecule has 0 aliphatic heterocycles. The van der Waals surface area contributed by atoms with E-state index in [-0.39, 0.29) is 116 Å². The third-order valence-electron chi connectivity index (χ3n) is 0. The van der Waals surface area contributed by atoms with Gasteiger partial charge in [-0.1, -0.05) is 0 Å². The summed E-state index contributed by atoms with van der Waals surface area (Å²) in [7, 11) is 0. The van der Waals surface area contributed by atoms with Crippen LogP contribution >= 0.6 is 0 Å². The van der Waals surface area contributed by atoms with Gasteiger partial charge >= 0.3 is 88.1 Å². The van der Waals surface area contributed by atoms with Crippen LogP contribution in [0.2, 0.25) is 0 Å². The van der Waals surface area contributed by atoms with Crippen molar-refractivity contribution in [3.63, 3.8) is 0 Å². The Bertz CT molecular complexity index is 16.0. The molecule has 0 rings (SSSR count). The Morgan fingerprint density at radius 3 is 1.25 bits per heavy atom. The van der Waals surface area contributed by atoms with Crippen LogP contribution in [0, 0.1) is 0 Å². The molecule has 0 nitrogen and oxygen atoms in total. The monoisotopic (exact) mass is 371 g/mol. The van der Waals surface area contributed by atoms with E-state index in [0.29, 0.717) is 0 Å². The average molecular weight is 371 g/mol. The molecule has 0 saturated carbocycles. The third-order valence-corrected chi connectivity index (χ3v) is 0. The Morgan fingerprint density at radius 2 is 1.25 bits per heavy atom. The van der Waals surface area contributed by atoms with Gasteiger partial charge in [0.05, 0.1) is 0 Å². The van der Waals surface area contributed by atoms with Gasteiger partial charge in [-0.3, -0.25) is 0 Å². The van der Waals surface area contributed by atoms with Crippen molar-refractivity contribution in [1.82, 2.24) is 0 Å². The van der Waals surface area contributed by atoms with Gasteiger partial charge in [0.15, 0.2) is 0 Å². The second-order valence-electron chi connectivity index (χ2n) is 0. The molecule has 0 fully saturated rings. The van der Waals surface area contributed by atoms with E-state index < -0.39 is 0 Å². The molecule has 0 aromatic heterocycles. The summed E-state index contributed by atoms with van der Waals surface area (Å²) >= 11 is 0. The van der Waals surface area contributed by atoms with Gasteiger partial charge < -0.3 is 5.71 Å². The Balaban J connectivity index is 0. The molecular weight excluding hydrogens is 364 g/mol. The van der Waals surface area contributed by atoms with E-state index >= 15 is 0 Å². The minimum absolute atomic E-state index is 0. The van der Waals surface area contributed by atoms with Crippen LogP contribution in [0.15, 0.2) is 0 Å². The first-order chi connectivity index (χ1) is 0. The van der Waals surface area contributed by atoms with E-state index in [4.69, 9.17) is 0 Å². The van der Waals surface area contributed by atoms with Crippen molar-refractivity contribution in [3.8, 4) is 0 Å². The van der Waals surface area contributed by atoms with E-state index in [1.54, 1.807) is 0 Å². The Kier molecular flexibility index (Phi) is 101. The van der Waals surface area contributed by atoms with Crippen molar-refractivity contribution in [3.05, 3.63) is 0 Å². The van der Waals surface area contributed by atoms with Gasteiger partial charge in [0, 0.05) is 22.4 Å². The predicted molar refractivity (Wildman–Crippen MR) is 24.5 cm³/mol. The molecule has 0 atom stereocenters. The summed E-state index contributed by atoms with van der Waals surface area (Å²) in [5.41, 5.74) is 0. The molecule has 0 amide bonds. The fourth-order valence-corrected chi connectivity index (χ4v) is 0. The number of hydrogen-bond acceptors (Lipinski definition) is 0. The van der Waals surface area contributed by atoms with Gasteiger partial charge in [0.25, 0.3) is 0 Å². The van der Waals surface area contributed by atoms with Gasteiger partial charge in [-0.15, -0.1) is 0 Å². The fourth-order valence-electron chi connectivity index (χ4n) is 0. The molecule has 19 valence electrons. The Morgan fingerprint density at radius 1 is 1.25 bits per heavy atom. The first-order valence-corrected chi connectivity index (χ1v) is 0. The van der Waals surface area contributed by atoms with Crippen LogP contribution in [-0.2, 0) is 22.4 Å². The first kappa shape index (κ1) is 25.3. The van der Waals surface area contributed by atoms with E-state index in [1.807, 2.05) is 0 Å². The van der Waals surface area contributed by atoms with Crippen LogP contribution in [-0.4, -0.2) is 88.1 Å². The van der Waals surface area contributed by atoms with Crippen LogP contribution in [0.25, 0.3) is 0 Å². The van der Waals surface area contributed by atoms with Crippen molar-refractivity contribution in [2.24, 2.45) is 0 Å². The van der Waals surface area contributed by atoms with Gasteiger partial charge in [-0.25, -0.2) is 0 Å². The predicted octanol–water partition coefficient (Wildman–Crippen LogP) is -1.23. The first-order valence-electron chi connectivity index (χ1n) is 0. The average Bonchev–Trinajstić information content (AvgIpc) is 0.